The molecule has 21 heavy (non-hydrogen) atoms. The summed E-state index contributed by atoms with van der Waals surface area (Å²) in [5.41, 5.74) is 2.49. The smallest absolute Gasteiger partial charge is 0.252 e. The summed E-state index contributed by atoms with van der Waals surface area (Å²) in [6.45, 7) is 5.65. The fraction of sp³-hybridized carbons (Fsp3) is 0.429. The highest BCUT2D eigenvalue weighted by Crippen LogP contribution is 2.15. The Kier molecular flexibility index (Phi) is 4.90. The standard InChI is InChI=1S/C14H18ClN5O/c1-9-7-10(2)17-14(16-9)20-12(8-11(3)19-20)18-13(21)5-4-6-15/h7-8H,4-6H2,1-3H3,(H,18,21). The third kappa shape index (κ3) is 4.01. The van der Waals surface area contributed by atoms with Gasteiger partial charge in [0.05, 0.1) is 5.69 Å². The lowest BCUT2D eigenvalue weighted by molar-refractivity contribution is -0.116. The normalized spacial score (nSPS) is 10.7. The molecule has 0 atom stereocenters. The number of hydrogen-bond acceptors (Lipinski definition) is 4. The number of carbonyl (C=O) groups excluding carboxylic acids is 1. The molecule has 0 aromatic carbocycles. The van der Waals surface area contributed by atoms with Crippen molar-refractivity contribution in [3.05, 3.63) is 29.2 Å². The second-order valence-electron chi connectivity index (χ2n) is 4.87. The molecule has 1 amide bonds. The molecule has 0 saturated heterocycles. The molecule has 0 bridgehead atoms. The zero-order chi connectivity index (χ0) is 15.4. The van der Waals surface area contributed by atoms with Crippen LogP contribution < -0.4 is 5.32 Å². The maximum atomic E-state index is 11.8. The third-order valence-corrected chi connectivity index (χ3v) is 3.06. The Balaban J connectivity index is 2.30. The number of carbonyl (C=O) groups is 1. The van der Waals surface area contributed by atoms with E-state index in [0.717, 1.165) is 17.1 Å². The van der Waals surface area contributed by atoms with Crippen LogP contribution in [0.5, 0.6) is 0 Å². The van der Waals surface area contributed by atoms with E-state index in [2.05, 4.69) is 20.4 Å². The second-order valence-corrected chi connectivity index (χ2v) is 5.25. The van der Waals surface area contributed by atoms with Gasteiger partial charge in [-0.3, -0.25) is 4.79 Å². The van der Waals surface area contributed by atoms with Crippen molar-refractivity contribution < 1.29 is 4.79 Å². The van der Waals surface area contributed by atoms with E-state index < -0.39 is 0 Å². The fourth-order valence-electron chi connectivity index (χ4n) is 1.98. The molecule has 0 spiro atoms. The number of nitrogens with one attached hydrogen (secondary N) is 1. The van der Waals surface area contributed by atoms with Crippen LogP contribution in [0.15, 0.2) is 12.1 Å². The molecule has 0 fully saturated rings. The van der Waals surface area contributed by atoms with Crippen molar-refractivity contribution in [2.45, 2.75) is 33.6 Å². The van der Waals surface area contributed by atoms with Gasteiger partial charge in [0, 0.05) is 29.8 Å². The Morgan fingerprint density at radius 1 is 1.19 bits per heavy atom. The summed E-state index contributed by atoms with van der Waals surface area (Å²) in [5, 5.41) is 7.17. The molecule has 0 aliphatic carbocycles. The van der Waals surface area contributed by atoms with E-state index in [9.17, 15) is 4.79 Å². The summed E-state index contributed by atoms with van der Waals surface area (Å²) in [6.07, 6.45) is 1.02. The van der Waals surface area contributed by atoms with Crippen molar-refractivity contribution in [1.29, 1.82) is 0 Å². The minimum Gasteiger partial charge on any atom is -0.310 e. The van der Waals surface area contributed by atoms with Crippen LogP contribution in [0.25, 0.3) is 5.95 Å². The quantitative estimate of drug-likeness (QED) is 0.862. The molecule has 2 heterocycles. The molecule has 0 saturated carbocycles. The first-order valence-corrected chi connectivity index (χ1v) is 7.28. The lowest BCUT2D eigenvalue weighted by atomic mass is 10.3. The van der Waals surface area contributed by atoms with Gasteiger partial charge < -0.3 is 5.32 Å². The molecular formula is C14H18ClN5O. The van der Waals surface area contributed by atoms with Crippen LogP contribution in [0.1, 0.15) is 29.9 Å². The topological polar surface area (TPSA) is 72.7 Å². The Morgan fingerprint density at radius 2 is 1.86 bits per heavy atom. The zero-order valence-corrected chi connectivity index (χ0v) is 13.1. The third-order valence-electron chi connectivity index (χ3n) is 2.80. The van der Waals surface area contributed by atoms with Crippen molar-refractivity contribution in [2.24, 2.45) is 0 Å². The molecule has 0 unspecified atom stereocenters. The maximum absolute atomic E-state index is 11.8. The van der Waals surface area contributed by atoms with Gasteiger partial charge in [0.2, 0.25) is 5.91 Å². The van der Waals surface area contributed by atoms with Crippen molar-refractivity contribution in [3.63, 3.8) is 0 Å². The van der Waals surface area contributed by atoms with Crippen molar-refractivity contribution in [2.75, 3.05) is 11.2 Å². The summed E-state index contributed by atoms with van der Waals surface area (Å²) in [7, 11) is 0. The van der Waals surface area contributed by atoms with Crippen molar-refractivity contribution >= 4 is 23.3 Å². The number of amides is 1. The Bertz CT molecular complexity index is 633. The van der Waals surface area contributed by atoms with Crippen LogP contribution in [0.3, 0.4) is 0 Å². The predicted molar refractivity (Wildman–Crippen MR) is 81.9 cm³/mol. The first-order valence-electron chi connectivity index (χ1n) is 6.74. The first kappa shape index (κ1) is 15.4. The number of anilines is 1. The lowest BCUT2D eigenvalue weighted by Crippen LogP contribution is -2.16. The van der Waals surface area contributed by atoms with E-state index >= 15 is 0 Å². The van der Waals surface area contributed by atoms with Crippen LogP contribution in [-0.2, 0) is 4.79 Å². The summed E-state index contributed by atoms with van der Waals surface area (Å²) in [5.74, 6) is 1.39. The average Bonchev–Trinajstić information content (AvgIpc) is 2.76. The van der Waals surface area contributed by atoms with Crippen LogP contribution in [-0.4, -0.2) is 31.5 Å². The van der Waals surface area contributed by atoms with Crippen LogP contribution in [0.4, 0.5) is 5.82 Å². The van der Waals surface area contributed by atoms with Crippen LogP contribution in [0.2, 0.25) is 0 Å². The van der Waals surface area contributed by atoms with E-state index in [1.54, 1.807) is 10.7 Å². The van der Waals surface area contributed by atoms with Gasteiger partial charge in [-0.05, 0) is 33.3 Å². The minimum absolute atomic E-state index is 0.0961. The van der Waals surface area contributed by atoms with Gasteiger partial charge in [0.25, 0.3) is 5.95 Å². The molecular weight excluding hydrogens is 290 g/mol. The summed E-state index contributed by atoms with van der Waals surface area (Å²) < 4.78 is 1.55. The number of alkyl halides is 1. The summed E-state index contributed by atoms with van der Waals surface area (Å²) in [4.78, 5) is 20.6. The molecule has 112 valence electrons. The average molecular weight is 308 g/mol. The van der Waals surface area contributed by atoms with Crippen LogP contribution >= 0.6 is 11.6 Å². The number of aromatic nitrogens is 4. The highest BCUT2D eigenvalue weighted by atomic mass is 35.5. The molecule has 7 heteroatoms. The van der Waals surface area contributed by atoms with Gasteiger partial charge in [-0.25, -0.2) is 9.97 Å². The molecule has 0 aliphatic heterocycles. The van der Waals surface area contributed by atoms with Gasteiger partial charge in [0.15, 0.2) is 0 Å². The highest BCUT2D eigenvalue weighted by molar-refractivity contribution is 6.18. The Hall–Kier alpha value is -1.95. The molecule has 0 aliphatic rings. The first-order chi connectivity index (χ1) is 9.99. The Labute approximate surface area is 128 Å². The minimum atomic E-state index is -0.0961. The predicted octanol–water partition coefficient (Wildman–Crippen LogP) is 2.55. The zero-order valence-electron chi connectivity index (χ0n) is 12.4. The molecule has 6 nitrogen and oxygen atoms in total. The number of rotatable bonds is 5. The maximum Gasteiger partial charge on any atom is 0.252 e. The van der Waals surface area contributed by atoms with E-state index in [1.807, 2.05) is 26.8 Å². The molecule has 2 aromatic rings. The van der Waals surface area contributed by atoms with E-state index in [-0.39, 0.29) is 5.91 Å². The number of aryl methyl sites for hydroxylation is 3. The van der Waals surface area contributed by atoms with E-state index in [0.29, 0.717) is 30.5 Å². The van der Waals surface area contributed by atoms with Crippen molar-refractivity contribution in [1.82, 2.24) is 19.7 Å². The monoisotopic (exact) mass is 307 g/mol. The van der Waals surface area contributed by atoms with Crippen molar-refractivity contribution in [3.8, 4) is 5.95 Å². The molecule has 2 rings (SSSR count). The van der Waals surface area contributed by atoms with Gasteiger partial charge in [0.1, 0.15) is 5.82 Å². The van der Waals surface area contributed by atoms with Crippen LogP contribution in [0, 0.1) is 20.8 Å². The number of nitrogens with zero attached hydrogens (tertiary/aromatic N) is 4. The second kappa shape index (κ2) is 6.67. The Morgan fingerprint density at radius 3 is 2.48 bits per heavy atom. The highest BCUT2D eigenvalue weighted by Gasteiger charge is 2.13. The number of halogens is 1. The SMILES string of the molecule is Cc1cc(C)nc(-n2nc(C)cc2NC(=O)CCCCl)n1. The molecule has 0 radical (unpaired) electrons. The number of hydrogen-bond donors (Lipinski definition) is 1. The van der Waals surface area contributed by atoms with Gasteiger partial charge in [-0.1, -0.05) is 0 Å². The van der Waals surface area contributed by atoms with Gasteiger partial charge >= 0.3 is 0 Å². The molecule has 1 N–H and O–H groups in total. The summed E-state index contributed by atoms with van der Waals surface area (Å²) >= 11 is 5.60. The molecule has 2 aromatic heterocycles. The fourth-order valence-corrected chi connectivity index (χ4v) is 2.11. The summed E-state index contributed by atoms with van der Waals surface area (Å²) in [6, 6.07) is 3.68. The van der Waals surface area contributed by atoms with E-state index in [1.165, 1.54) is 0 Å². The lowest BCUT2D eigenvalue weighted by Gasteiger charge is -2.08. The van der Waals surface area contributed by atoms with E-state index in [4.69, 9.17) is 11.6 Å². The largest absolute Gasteiger partial charge is 0.310 e. The van der Waals surface area contributed by atoms with Gasteiger partial charge in [-0.2, -0.15) is 9.78 Å². The van der Waals surface area contributed by atoms with Gasteiger partial charge in [-0.15, -0.1) is 11.6 Å².